The van der Waals surface area contributed by atoms with Gasteiger partial charge in [0, 0.05) is 12.8 Å². The number of aromatic nitrogens is 4. The van der Waals surface area contributed by atoms with Crippen molar-refractivity contribution < 1.29 is 74.5 Å². The van der Waals surface area contributed by atoms with Gasteiger partial charge in [-0.2, -0.15) is 8.42 Å². The molecule has 7 atom stereocenters. The number of alkyl carbamates (subject to hydrolysis) is 1. The molecule has 2 fully saturated rings. The summed E-state index contributed by atoms with van der Waals surface area (Å²) in [6, 6.07) is 15.5. The van der Waals surface area contributed by atoms with Crippen molar-refractivity contribution in [1.82, 2.24) is 35.5 Å². The van der Waals surface area contributed by atoms with Gasteiger partial charge >= 0.3 is 34.1 Å². The Hall–Kier alpha value is -7.74. The summed E-state index contributed by atoms with van der Waals surface area (Å²) in [4.78, 5) is 93.6. The number of benzene rings is 3. The van der Waals surface area contributed by atoms with Gasteiger partial charge in [0.2, 0.25) is 11.8 Å². The molecule has 0 unspecified atom stereocenters. The van der Waals surface area contributed by atoms with Crippen LogP contribution in [-0.2, 0) is 75.5 Å². The monoisotopic (exact) mass is 1140 g/mol. The van der Waals surface area contributed by atoms with Gasteiger partial charge in [0.05, 0.1) is 11.9 Å². The van der Waals surface area contributed by atoms with E-state index in [-0.39, 0.29) is 66.8 Å². The maximum atomic E-state index is 14.4. The highest BCUT2D eigenvalue weighted by Crippen LogP contribution is 2.44. The molecular weight excluding hydrogens is 1070 g/mol. The number of amides is 3. The van der Waals surface area contributed by atoms with Crippen LogP contribution in [0.5, 0.6) is 5.75 Å². The minimum absolute atomic E-state index is 0.0290. The molecule has 0 radical (unpaired) electrons. The van der Waals surface area contributed by atoms with E-state index in [1.807, 2.05) is 19.9 Å². The quantitative estimate of drug-likeness (QED) is 0.0363. The highest BCUT2D eigenvalue weighted by molar-refractivity contribution is 7.87. The Morgan fingerprint density at radius 2 is 1.40 bits per heavy atom. The van der Waals surface area contributed by atoms with Crippen LogP contribution in [0.2, 0.25) is 0 Å². The van der Waals surface area contributed by atoms with Crippen molar-refractivity contribution in [2.45, 2.75) is 166 Å². The summed E-state index contributed by atoms with van der Waals surface area (Å²) in [6.07, 6.45) is -1.58. The molecule has 3 amide bonds. The molecule has 0 aliphatic carbocycles. The minimum Gasteiger partial charge on any atom is -0.460 e. The zero-order valence-electron chi connectivity index (χ0n) is 46.8. The largest absolute Gasteiger partial charge is 0.460 e. The van der Waals surface area contributed by atoms with Crippen LogP contribution < -0.4 is 25.9 Å². The van der Waals surface area contributed by atoms with Gasteiger partial charge in [0.1, 0.15) is 83.3 Å². The number of fused-ring (bicyclic) bond motifs is 2. The van der Waals surface area contributed by atoms with Crippen LogP contribution in [-0.4, -0.2) is 124 Å². The third-order valence-electron chi connectivity index (χ3n) is 12.3. The van der Waals surface area contributed by atoms with Gasteiger partial charge in [0.15, 0.2) is 23.5 Å². The van der Waals surface area contributed by atoms with Crippen molar-refractivity contribution in [2.24, 2.45) is 5.92 Å². The molecule has 25 heteroatoms. The third-order valence-corrected chi connectivity index (χ3v) is 13.6. The van der Waals surface area contributed by atoms with Gasteiger partial charge in [-0.15, -0.1) is 0 Å². The lowest BCUT2D eigenvalue weighted by Gasteiger charge is -2.27. The maximum absolute atomic E-state index is 14.4. The SMILES string of the molecule is CC(C)C[C@H](NC(=O)[C@H](Cc1ccc(OS(=O)(=O)c2ccc(C(=O)OC[C@H]3O[C@@H](n4cnc5c(N)ncnc54)[C@@H]4OC(C)(C)O[C@@H]43)cc2)cc1)NC(=O)[C@H](CCC(=O)OC(C)(C)C)NC(=O)OC(C)(C)C)C(=O)OCc1ccccc1. The molecule has 2 aliphatic heterocycles. The standard InChI is InChI=1S/C56H70N8O16S/c1-32(2)26-40(52(69)73-28-34-14-12-11-13-15-34)62-49(67)39(61-48(66)38(63-53(70)79-55(6,7)8)24-25-42(65)76-54(3,4)5)27-33-16-20-36(21-17-33)80-81(71,72)37-22-18-35(19-23-37)51(68)74-29-41-44-45(78-56(9,10)77-44)50(75-41)64-31-60-43-46(57)58-30-59-47(43)64/h11-23,30-32,38-41,44-45,50H,24-29H2,1-10H3,(H,61,66)(H,62,67)(H,63,70)(H2,57,58,59)/t38-,39-,40-,41+,44+,45+,50+/m0/s1. The van der Waals surface area contributed by atoms with Crippen LogP contribution in [0.3, 0.4) is 0 Å². The number of nitrogens with two attached hydrogens (primary N) is 1. The van der Waals surface area contributed by atoms with Gasteiger partial charge in [-0.3, -0.25) is 19.0 Å². The Labute approximate surface area is 469 Å². The molecule has 436 valence electrons. The van der Waals surface area contributed by atoms with Crippen molar-refractivity contribution in [3.8, 4) is 5.75 Å². The van der Waals surface area contributed by atoms with Crippen LogP contribution in [0, 0.1) is 5.92 Å². The predicted molar refractivity (Wildman–Crippen MR) is 290 cm³/mol. The van der Waals surface area contributed by atoms with E-state index in [0.29, 0.717) is 16.7 Å². The lowest BCUT2D eigenvalue weighted by molar-refractivity contribution is -0.199. The normalized spacial score (nSPS) is 18.9. The first-order valence-corrected chi connectivity index (χ1v) is 27.7. The van der Waals surface area contributed by atoms with Gasteiger partial charge in [-0.05, 0) is 122 Å². The smallest absolute Gasteiger partial charge is 0.408 e. The fourth-order valence-electron chi connectivity index (χ4n) is 8.81. The number of hydrogen-bond donors (Lipinski definition) is 4. The number of nitrogens with one attached hydrogen (secondary N) is 3. The van der Waals surface area contributed by atoms with E-state index in [0.717, 1.165) is 5.56 Å². The molecule has 5 N–H and O–H groups in total. The van der Waals surface area contributed by atoms with Crippen molar-refractivity contribution in [3.63, 3.8) is 0 Å². The number of imidazole rings is 1. The summed E-state index contributed by atoms with van der Waals surface area (Å²) in [5.41, 5.74) is 6.15. The lowest BCUT2D eigenvalue weighted by Crippen LogP contribution is -2.57. The molecule has 2 aromatic heterocycles. The van der Waals surface area contributed by atoms with Crippen LogP contribution in [0.25, 0.3) is 11.2 Å². The van der Waals surface area contributed by atoms with Gasteiger partial charge in [-0.1, -0.05) is 56.3 Å². The predicted octanol–water partition coefficient (Wildman–Crippen LogP) is 5.77. The summed E-state index contributed by atoms with van der Waals surface area (Å²) in [7, 11) is -4.49. The fourth-order valence-corrected chi connectivity index (χ4v) is 9.74. The number of nitrogens with zero attached hydrogens (tertiary/aromatic N) is 4. The minimum atomic E-state index is -4.49. The maximum Gasteiger partial charge on any atom is 0.408 e. The fraction of sp³-hybridized carbons (Fsp3) is 0.482. The van der Waals surface area contributed by atoms with E-state index in [9.17, 15) is 37.2 Å². The second kappa shape index (κ2) is 25.4. The van der Waals surface area contributed by atoms with Crippen LogP contribution in [0.1, 0.15) is 116 Å². The first kappa shape index (κ1) is 60.9. The number of rotatable bonds is 22. The molecule has 0 saturated carbocycles. The van der Waals surface area contributed by atoms with Crippen molar-refractivity contribution in [3.05, 3.63) is 108 Å². The molecule has 0 spiro atoms. The number of carbonyl (C=O) groups excluding carboxylic acids is 6. The Morgan fingerprint density at radius 3 is 2.05 bits per heavy atom. The molecule has 81 heavy (non-hydrogen) atoms. The molecular formula is C56H70N8O16S. The van der Waals surface area contributed by atoms with E-state index in [1.165, 1.54) is 61.2 Å². The Morgan fingerprint density at radius 1 is 0.753 bits per heavy atom. The van der Waals surface area contributed by atoms with Gasteiger partial charge in [-0.25, -0.2) is 29.3 Å². The first-order valence-electron chi connectivity index (χ1n) is 26.3. The lowest BCUT2D eigenvalue weighted by atomic mass is 10.0. The van der Waals surface area contributed by atoms with E-state index >= 15 is 0 Å². The molecule has 3 aromatic carbocycles. The third kappa shape index (κ3) is 16.9. The number of carbonyl (C=O) groups is 6. The van der Waals surface area contributed by atoms with E-state index in [1.54, 1.807) is 84.2 Å². The molecule has 4 heterocycles. The molecule has 24 nitrogen and oxygen atoms in total. The zero-order valence-corrected chi connectivity index (χ0v) is 47.6. The summed E-state index contributed by atoms with van der Waals surface area (Å²) >= 11 is 0. The molecule has 7 rings (SSSR count). The number of hydrogen-bond acceptors (Lipinski definition) is 20. The summed E-state index contributed by atoms with van der Waals surface area (Å²) in [6.45, 7) is 16.8. The van der Waals surface area contributed by atoms with Crippen molar-refractivity contribution in [1.29, 1.82) is 0 Å². The number of esters is 3. The second-order valence-electron chi connectivity index (χ2n) is 22.4. The number of nitrogen functional groups attached to an aromatic ring is 1. The van der Waals surface area contributed by atoms with E-state index in [2.05, 4.69) is 30.9 Å². The average Bonchev–Trinajstić information content (AvgIpc) is 4.24. The number of anilines is 1. The average molecular weight is 1140 g/mol. The summed E-state index contributed by atoms with van der Waals surface area (Å²) in [5, 5.41) is 7.92. The van der Waals surface area contributed by atoms with Crippen LogP contribution in [0.15, 0.2) is 96.4 Å². The summed E-state index contributed by atoms with van der Waals surface area (Å²) < 4.78 is 75.0. The van der Waals surface area contributed by atoms with Crippen molar-refractivity contribution in [2.75, 3.05) is 12.3 Å². The Balaban J connectivity index is 1.03. The zero-order chi connectivity index (χ0) is 59.0. The van der Waals surface area contributed by atoms with E-state index < -0.39 is 106 Å². The highest BCUT2D eigenvalue weighted by atomic mass is 32.2. The van der Waals surface area contributed by atoms with Gasteiger partial charge in [0.25, 0.3) is 0 Å². The van der Waals surface area contributed by atoms with Crippen LogP contribution in [0.4, 0.5) is 10.6 Å². The topological polar surface area (TPSA) is 316 Å². The van der Waals surface area contributed by atoms with Gasteiger partial charge < -0.3 is 59.0 Å². The highest BCUT2D eigenvalue weighted by Gasteiger charge is 2.56. The molecule has 2 aliphatic rings. The van der Waals surface area contributed by atoms with E-state index in [4.69, 9.17) is 43.1 Å². The Kier molecular flexibility index (Phi) is 19.1. The Bertz CT molecular complexity index is 3160. The second-order valence-corrected chi connectivity index (χ2v) is 23.9. The summed E-state index contributed by atoms with van der Waals surface area (Å²) in [5.74, 6) is -4.80. The molecule has 2 saturated heterocycles. The first-order chi connectivity index (χ1) is 38.0. The molecule has 0 bridgehead atoms. The number of ether oxygens (including phenoxy) is 7. The molecule has 5 aromatic rings. The van der Waals surface area contributed by atoms with Crippen LogP contribution >= 0.6 is 0 Å². The van der Waals surface area contributed by atoms with Crippen molar-refractivity contribution >= 4 is 62.9 Å².